The third-order valence-corrected chi connectivity index (χ3v) is 6.81. The number of ether oxygens (including phenoxy) is 2. The van der Waals surface area contributed by atoms with Gasteiger partial charge in [0.25, 0.3) is 0 Å². The summed E-state index contributed by atoms with van der Waals surface area (Å²) in [6.07, 6.45) is 4.17. The zero-order chi connectivity index (χ0) is 25.0. The van der Waals surface area contributed by atoms with Crippen molar-refractivity contribution in [2.24, 2.45) is 5.92 Å². The van der Waals surface area contributed by atoms with Gasteiger partial charge in [-0.05, 0) is 87.3 Å². The average Bonchev–Trinajstić information content (AvgIpc) is 3.31. The lowest BCUT2D eigenvalue weighted by Crippen LogP contribution is -2.51. The number of rotatable bonds is 8. The highest BCUT2D eigenvalue weighted by molar-refractivity contribution is 5.91. The molecule has 0 aromatic heterocycles. The number of carbonyl (C=O) groups excluding carboxylic acids is 2. The number of nitrogens with one attached hydrogen (secondary N) is 2. The highest BCUT2D eigenvalue weighted by Gasteiger charge is 2.33. The van der Waals surface area contributed by atoms with Gasteiger partial charge in [-0.2, -0.15) is 0 Å². The molecule has 1 fully saturated rings. The molecule has 2 aromatic carbocycles. The van der Waals surface area contributed by atoms with E-state index in [4.69, 9.17) is 9.47 Å². The van der Waals surface area contributed by atoms with Crippen molar-refractivity contribution < 1.29 is 29.0 Å². The quantitative estimate of drug-likeness (QED) is 0.521. The zero-order valence-electron chi connectivity index (χ0n) is 20.1. The standard InChI is InChI=1S/C27H32N2O6/c1-27(2,26(32)33)29-25(31)20-7-5-18(6-8-20)19-9-11-21(12-10-19)28-24(30)14-4-17-3-13-22-23(15-17)35-16-34-22/h3,9-13,15,18,20H,4-8,14,16H2,1-2H3,(H,28,30)(H,29,31)(H,32,33). The first kappa shape index (κ1) is 24.6. The number of fused-ring (bicyclic) bond motifs is 1. The van der Waals surface area contributed by atoms with Gasteiger partial charge in [-0.15, -0.1) is 0 Å². The van der Waals surface area contributed by atoms with Crippen LogP contribution >= 0.6 is 0 Å². The van der Waals surface area contributed by atoms with Crippen molar-refractivity contribution in [2.45, 2.75) is 63.8 Å². The molecular formula is C27H32N2O6. The molecule has 8 heteroatoms. The van der Waals surface area contributed by atoms with Crippen LogP contribution in [-0.2, 0) is 20.8 Å². The Morgan fingerprint density at radius 3 is 2.34 bits per heavy atom. The lowest BCUT2D eigenvalue weighted by atomic mass is 9.78. The molecule has 2 aromatic rings. The summed E-state index contributed by atoms with van der Waals surface area (Å²) in [6.45, 7) is 3.23. The van der Waals surface area contributed by atoms with Crippen LogP contribution in [0.15, 0.2) is 42.5 Å². The highest BCUT2D eigenvalue weighted by Crippen LogP contribution is 2.36. The van der Waals surface area contributed by atoms with Gasteiger partial charge in [-0.3, -0.25) is 9.59 Å². The van der Waals surface area contributed by atoms with E-state index in [0.717, 1.165) is 48.4 Å². The second-order valence-electron chi connectivity index (χ2n) is 9.83. The van der Waals surface area contributed by atoms with Crippen molar-refractivity contribution in [2.75, 3.05) is 12.1 Å². The summed E-state index contributed by atoms with van der Waals surface area (Å²) < 4.78 is 10.7. The van der Waals surface area contributed by atoms with Crippen LogP contribution in [0.3, 0.4) is 0 Å². The fourth-order valence-electron chi connectivity index (χ4n) is 4.57. The van der Waals surface area contributed by atoms with Crippen molar-refractivity contribution >= 4 is 23.5 Å². The summed E-state index contributed by atoms with van der Waals surface area (Å²) in [5, 5.41) is 14.8. The van der Waals surface area contributed by atoms with E-state index in [2.05, 4.69) is 10.6 Å². The van der Waals surface area contributed by atoms with Gasteiger partial charge >= 0.3 is 5.97 Å². The first-order valence-corrected chi connectivity index (χ1v) is 12.0. The molecule has 186 valence electrons. The second kappa shape index (κ2) is 10.4. The predicted octanol–water partition coefficient (Wildman–Crippen LogP) is 4.24. The fraction of sp³-hybridized carbons (Fsp3) is 0.444. The third-order valence-electron chi connectivity index (χ3n) is 6.81. The molecule has 0 bridgehead atoms. The van der Waals surface area contributed by atoms with Crippen molar-refractivity contribution in [3.05, 3.63) is 53.6 Å². The first-order valence-electron chi connectivity index (χ1n) is 12.0. The number of amides is 2. The predicted molar refractivity (Wildman–Crippen MR) is 131 cm³/mol. The normalized spacial score (nSPS) is 19.1. The molecule has 0 unspecified atom stereocenters. The molecule has 35 heavy (non-hydrogen) atoms. The Morgan fingerprint density at radius 1 is 0.971 bits per heavy atom. The van der Waals surface area contributed by atoms with Crippen LogP contribution in [-0.4, -0.2) is 35.2 Å². The Balaban J connectivity index is 1.23. The SMILES string of the molecule is CC(C)(NC(=O)C1CCC(c2ccc(NC(=O)CCc3ccc4c(c3)OCO4)cc2)CC1)C(=O)O. The van der Waals surface area contributed by atoms with E-state index < -0.39 is 11.5 Å². The summed E-state index contributed by atoms with van der Waals surface area (Å²) in [5.41, 5.74) is 1.70. The number of aliphatic carboxylic acids is 1. The summed E-state index contributed by atoms with van der Waals surface area (Å²) in [7, 11) is 0. The fourth-order valence-corrected chi connectivity index (χ4v) is 4.57. The van der Waals surface area contributed by atoms with E-state index >= 15 is 0 Å². The smallest absolute Gasteiger partial charge is 0.328 e. The van der Waals surface area contributed by atoms with Crippen LogP contribution in [0, 0.1) is 5.92 Å². The van der Waals surface area contributed by atoms with Crippen molar-refractivity contribution in [3.63, 3.8) is 0 Å². The van der Waals surface area contributed by atoms with Crippen LogP contribution in [0.5, 0.6) is 11.5 Å². The van der Waals surface area contributed by atoms with Gasteiger partial charge in [0.05, 0.1) is 0 Å². The van der Waals surface area contributed by atoms with Crippen LogP contribution in [0.1, 0.15) is 63.0 Å². The average molecular weight is 481 g/mol. The van der Waals surface area contributed by atoms with Crippen molar-refractivity contribution in [1.29, 1.82) is 0 Å². The summed E-state index contributed by atoms with van der Waals surface area (Å²) in [6, 6.07) is 13.6. The minimum Gasteiger partial charge on any atom is -0.480 e. The molecule has 0 radical (unpaired) electrons. The van der Waals surface area contributed by atoms with E-state index in [1.807, 2.05) is 42.5 Å². The molecule has 2 amide bonds. The number of benzene rings is 2. The van der Waals surface area contributed by atoms with Gasteiger partial charge < -0.3 is 25.2 Å². The number of hydrogen-bond acceptors (Lipinski definition) is 5. The highest BCUT2D eigenvalue weighted by atomic mass is 16.7. The van der Waals surface area contributed by atoms with E-state index in [1.54, 1.807) is 0 Å². The van der Waals surface area contributed by atoms with Crippen LogP contribution in [0.25, 0.3) is 0 Å². The molecule has 8 nitrogen and oxygen atoms in total. The Labute approximate surface area is 205 Å². The van der Waals surface area contributed by atoms with Gasteiger partial charge in [-0.1, -0.05) is 18.2 Å². The maximum atomic E-state index is 12.5. The molecule has 1 aliphatic carbocycles. The van der Waals surface area contributed by atoms with Gasteiger partial charge in [0.2, 0.25) is 18.6 Å². The van der Waals surface area contributed by atoms with Gasteiger partial charge in [0.15, 0.2) is 11.5 Å². The van der Waals surface area contributed by atoms with E-state index in [1.165, 1.54) is 19.4 Å². The van der Waals surface area contributed by atoms with Gasteiger partial charge in [0, 0.05) is 18.0 Å². The van der Waals surface area contributed by atoms with E-state index in [9.17, 15) is 19.5 Å². The summed E-state index contributed by atoms with van der Waals surface area (Å²) in [5.74, 6) is 0.366. The molecule has 0 spiro atoms. The lowest BCUT2D eigenvalue weighted by Gasteiger charge is -2.30. The van der Waals surface area contributed by atoms with E-state index in [-0.39, 0.29) is 24.5 Å². The van der Waals surface area contributed by atoms with Crippen LogP contribution in [0.2, 0.25) is 0 Å². The zero-order valence-corrected chi connectivity index (χ0v) is 20.1. The third kappa shape index (κ3) is 6.12. The summed E-state index contributed by atoms with van der Waals surface area (Å²) >= 11 is 0. The minimum atomic E-state index is -1.27. The molecule has 0 atom stereocenters. The molecular weight excluding hydrogens is 448 g/mol. The molecule has 1 heterocycles. The first-order chi connectivity index (χ1) is 16.7. The van der Waals surface area contributed by atoms with Gasteiger partial charge in [-0.25, -0.2) is 4.79 Å². The molecule has 3 N–H and O–H groups in total. The topological polar surface area (TPSA) is 114 Å². The largest absolute Gasteiger partial charge is 0.480 e. The molecule has 0 saturated heterocycles. The number of carbonyl (C=O) groups is 3. The Kier molecular flexibility index (Phi) is 7.28. The summed E-state index contributed by atoms with van der Waals surface area (Å²) in [4.78, 5) is 36.1. The Morgan fingerprint density at radius 2 is 1.66 bits per heavy atom. The maximum Gasteiger partial charge on any atom is 0.328 e. The van der Waals surface area contributed by atoms with E-state index in [0.29, 0.717) is 18.8 Å². The lowest BCUT2D eigenvalue weighted by molar-refractivity contribution is -0.146. The Bertz CT molecular complexity index is 1090. The Hall–Kier alpha value is -3.55. The van der Waals surface area contributed by atoms with Crippen LogP contribution in [0.4, 0.5) is 5.69 Å². The van der Waals surface area contributed by atoms with Crippen molar-refractivity contribution in [3.8, 4) is 11.5 Å². The minimum absolute atomic E-state index is 0.0498. The number of aryl methyl sites for hydroxylation is 1. The number of carboxylic acid groups (broad SMARTS) is 1. The number of hydrogen-bond donors (Lipinski definition) is 3. The molecule has 1 saturated carbocycles. The maximum absolute atomic E-state index is 12.5. The molecule has 1 aliphatic heterocycles. The monoisotopic (exact) mass is 480 g/mol. The number of anilines is 1. The number of carboxylic acids is 1. The second-order valence-corrected chi connectivity index (χ2v) is 9.83. The van der Waals surface area contributed by atoms with Crippen LogP contribution < -0.4 is 20.1 Å². The molecule has 4 rings (SSSR count). The van der Waals surface area contributed by atoms with Gasteiger partial charge in [0.1, 0.15) is 5.54 Å². The van der Waals surface area contributed by atoms with Crippen molar-refractivity contribution in [1.82, 2.24) is 5.32 Å². The molecule has 2 aliphatic rings.